The number of rotatable bonds is 4. The maximum Gasteiger partial charge on any atom is 0.339 e. The Labute approximate surface area is 110 Å². The lowest BCUT2D eigenvalue weighted by molar-refractivity contribution is 0.0166. The monoisotopic (exact) mass is 268 g/mol. The van der Waals surface area contributed by atoms with Crippen LogP contribution in [0.15, 0.2) is 12.3 Å². The fraction of sp³-hybridized carbons (Fsp3) is 0.538. The molecular weight excluding hydrogens is 251 g/mol. The standard InChI is InChI=1S/C13H17FN2O3/c14-9-6-10(12(17)18)11(15-7-9)16-8-13(19)4-2-1-3-5-13/h6-7,19H,1-5,8H2,(H,15,16)(H,17,18). The number of hydrogen-bond donors (Lipinski definition) is 3. The highest BCUT2D eigenvalue weighted by molar-refractivity contribution is 5.93. The Kier molecular flexibility index (Phi) is 3.99. The van der Waals surface area contributed by atoms with Crippen LogP contribution in [0.5, 0.6) is 0 Å². The minimum Gasteiger partial charge on any atom is -0.478 e. The molecule has 1 fully saturated rings. The number of nitrogens with zero attached hydrogens (tertiary/aromatic N) is 1. The molecule has 19 heavy (non-hydrogen) atoms. The molecule has 0 aromatic carbocycles. The second kappa shape index (κ2) is 5.52. The van der Waals surface area contributed by atoms with Crippen molar-refractivity contribution in [1.82, 2.24) is 4.98 Å². The molecule has 1 aliphatic carbocycles. The lowest BCUT2D eigenvalue weighted by atomic mass is 9.85. The van der Waals surface area contributed by atoms with Crippen LogP contribution in [0.4, 0.5) is 10.2 Å². The summed E-state index contributed by atoms with van der Waals surface area (Å²) in [7, 11) is 0. The summed E-state index contributed by atoms with van der Waals surface area (Å²) < 4.78 is 13.0. The zero-order valence-corrected chi connectivity index (χ0v) is 10.5. The van der Waals surface area contributed by atoms with Gasteiger partial charge >= 0.3 is 5.97 Å². The number of nitrogens with one attached hydrogen (secondary N) is 1. The molecule has 0 atom stereocenters. The van der Waals surface area contributed by atoms with Crippen molar-refractivity contribution >= 4 is 11.8 Å². The van der Waals surface area contributed by atoms with Crippen LogP contribution in [0.3, 0.4) is 0 Å². The molecule has 0 saturated heterocycles. The normalized spacial score (nSPS) is 18.0. The summed E-state index contributed by atoms with van der Waals surface area (Å²) in [5.74, 6) is -1.85. The highest BCUT2D eigenvalue weighted by Crippen LogP contribution is 2.28. The number of halogens is 1. The number of aromatic carboxylic acids is 1. The summed E-state index contributed by atoms with van der Waals surface area (Å²) in [5, 5.41) is 22.1. The van der Waals surface area contributed by atoms with Crippen LogP contribution in [-0.4, -0.2) is 33.3 Å². The Morgan fingerprint density at radius 1 is 1.42 bits per heavy atom. The number of carboxylic acid groups (broad SMARTS) is 1. The van der Waals surface area contributed by atoms with Crippen molar-refractivity contribution in [1.29, 1.82) is 0 Å². The lowest BCUT2D eigenvalue weighted by Crippen LogP contribution is -2.39. The van der Waals surface area contributed by atoms with Gasteiger partial charge in [0.1, 0.15) is 17.2 Å². The molecule has 1 aliphatic rings. The first-order valence-corrected chi connectivity index (χ1v) is 6.35. The van der Waals surface area contributed by atoms with Gasteiger partial charge in [-0.25, -0.2) is 14.2 Å². The number of pyridine rings is 1. The largest absolute Gasteiger partial charge is 0.478 e. The van der Waals surface area contributed by atoms with E-state index in [1.54, 1.807) is 0 Å². The Bertz CT molecular complexity index is 473. The summed E-state index contributed by atoms with van der Waals surface area (Å²) >= 11 is 0. The summed E-state index contributed by atoms with van der Waals surface area (Å²) in [6.45, 7) is 0.228. The third kappa shape index (κ3) is 3.41. The molecule has 0 spiro atoms. The number of anilines is 1. The van der Waals surface area contributed by atoms with E-state index in [-0.39, 0.29) is 17.9 Å². The highest BCUT2D eigenvalue weighted by Gasteiger charge is 2.29. The SMILES string of the molecule is O=C(O)c1cc(F)cnc1NCC1(O)CCCCC1. The van der Waals surface area contributed by atoms with Gasteiger partial charge in [-0.05, 0) is 18.9 Å². The Morgan fingerprint density at radius 3 is 2.74 bits per heavy atom. The maximum absolute atomic E-state index is 13.0. The number of aromatic nitrogens is 1. The third-order valence-electron chi connectivity index (χ3n) is 3.45. The molecule has 2 rings (SSSR count). The van der Waals surface area contributed by atoms with E-state index in [0.717, 1.165) is 31.5 Å². The van der Waals surface area contributed by atoms with Gasteiger partial charge in [0.2, 0.25) is 0 Å². The molecule has 0 radical (unpaired) electrons. The predicted molar refractivity (Wildman–Crippen MR) is 67.7 cm³/mol. The van der Waals surface area contributed by atoms with E-state index in [1.807, 2.05) is 0 Å². The van der Waals surface area contributed by atoms with E-state index >= 15 is 0 Å². The Balaban J connectivity index is 2.08. The maximum atomic E-state index is 13.0. The number of hydrogen-bond acceptors (Lipinski definition) is 4. The molecule has 0 unspecified atom stereocenters. The van der Waals surface area contributed by atoms with Crippen LogP contribution in [0, 0.1) is 5.82 Å². The van der Waals surface area contributed by atoms with Gasteiger partial charge in [0.25, 0.3) is 0 Å². The quantitative estimate of drug-likeness (QED) is 0.778. The van der Waals surface area contributed by atoms with Gasteiger partial charge in [-0.15, -0.1) is 0 Å². The molecule has 5 nitrogen and oxygen atoms in total. The first-order chi connectivity index (χ1) is 9.00. The Morgan fingerprint density at radius 2 is 2.11 bits per heavy atom. The third-order valence-corrected chi connectivity index (χ3v) is 3.45. The highest BCUT2D eigenvalue weighted by atomic mass is 19.1. The first kappa shape index (κ1) is 13.7. The first-order valence-electron chi connectivity index (χ1n) is 6.35. The van der Waals surface area contributed by atoms with Crippen LogP contribution in [0.25, 0.3) is 0 Å². The van der Waals surface area contributed by atoms with E-state index in [0.29, 0.717) is 12.8 Å². The molecule has 104 valence electrons. The van der Waals surface area contributed by atoms with Crippen molar-refractivity contribution in [3.05, 3.63) is 23.6 Å². The number of carboxylic acids is 1. The van der Waals surface area contributed by atoms with Crippen LogP contribution in [0.1, 0.15) is 42.5 Å². The van der Waals surface area contributed by atoms with Crippen molar-refractivity contribution in [2.75, 3.05) is 11.9 Å². The van der Waals surface area contributed by atoms with Gasteiger partial charge in [-0.1, -0.05) is 19.3 Å². The summed E-state index contributed by atoms with van der Waals surface area (Å²) in [4.78, 5) is 14.7. The van der Waals surface area contributed by atoms with Crippen molar-refractivity contribution in [3.8, 4) is 0 Å². The van der Waals surface area contributed by atoms with Gasteiger partial charge in [-0.3, -0.25) is 0 Å². The van der Waals surface area contributed by atoms with Crippen molar-refractivity contribution in [2.24, 2.45) is 0 Å². The molecule has 1 saturated carbocycles. The van der Waals surface area contributed by atoms with Gasteiger partial charge in [0.15, 0.2) is 0 Å². The molecule has 0 amide bonds. The summed E-state index contributed by atoms with van der Waals surface area (Å²) in [6.07, 6.45) is 5.35. The topological polar surface area (TPSA) is 82.5 Å². The molecule has 1 aromatic rings. The fourth-order valence-corrected chi connectivity index (χ4v) is 2.38. The lowest BCUT2D eigenvalue weighted by Gasteiger charge is -2.32. The second-order valence-electron chi connectivity index (χ2n) is 4.99. The molecule has 0 bridgehead atoms. The van der Waals surface area contributed by atoms with Gasteiger partial charge < -0.3 is 15.5 Å². The zero-order valence-electron chi connectivity index (χ0n) is 10.5. The van der Waals surface area contributed by atoms with Crippen LogP contribution >= 0.6 is 0 Å². The number of aliphatic hydroxyl groups is 1. The van der Waals surface area contributed by atoms with E-state index in [2.05, 4.69) is 10.3 Å². The smallest absolute Gasteiger partial charge is 0.339 e. The van der Waals surface area contributed by atoms with E-state index in [1.165, 1.54) is 0 Å². The molecule has 6 heteroatoms. The van der Waals surface area contributed by atoms with Gasteiger partial charge in [0.05, 0.1) is 11.8 Å². The van der Waals surface area contributed by atoms with Gasteiger partial charge in [0, 0.05) is 6.54 Å². The minimum atomic E-state index is -1.25. The summed E-state index contributed by atoms with van der Waals surface area (Å²) in [6, 6.07) is 0.919. The van der Waals surface area contributed by atoms with Crippen LogP contribution < -0.4 is 5.32 Å². The summed E-state index contributed by atoms with van der Waals surface area (Å²) in [5.41, 5.74) is -1.05. The zero-order chi connectivity index (χ0) is 13.9. The second-order valence-corrected chi connectivity index (χ2v) is 4.99. The average molecular weight is 268 g/mol. The van der Waals surface area contributed by atoms with E-state index in [9.17, 15) is 14.3 Å². The van der Waals surface area contributed by atoms with Gasteiger partial charge in [-0.2, -0.15) is 0 Å². The predicted octanol–water partition coefficient (Wildman–Crippen LogP) is 2.03. The Hall–Kier alpha value is -1.69. The molecular formula is C13H17FN2O3. The van der Waals surface area contributed by atoms with Crippen molar-refractivity contribution in [2.45, 2.75) is 37.7 Å². The fourth-order valence-electron chi connectivity index (χ4n) is 2.38. The van der Waals surface area contributed by atoms with Crippen molar-refractivity contribution in [3.63, 3.8) is 0 Å². The van der Waals surface area contributed by atoms with E-state index in [4.69, 9.17) is 5.11 Å². The molecule has 1 heterocycles. The molecule has 3 N–H and O–H groups in total. The minimum absolute atomic E-state index is 0.0906. The molecule has 1 aromatic heterocycles. The van der Waals surface area contributed by atoms with Crippen LogP contribution in [-0.2, 0) is 0 Å². The van der Waals surface area contributed by atoms with E-state index < -0.39 is 17.4 Å². The van der Waals surface area contributed by atoms with Crippen LogP contribution in [0.2, 0.25) is 0 Å². The molecule has 0 aliphatic heterocycles. The number of carbonyl (C=O) groups is 1. The van der Waals surface area contributed by atoms with Crippen molar-refractivity contribution < 1.29 is 19.4 Å². The average Bonchev–Trinajstić information content (AvgIpc) is 2.38.